The van der Waals surface area contributed by atoms with Gasteiger partial charge in [0, 0.05) is 69.2 Å². The molecule has 52 heavy (non-hydrogen) atoms. The molecule has 1 aliphatic rings. The van der Waals surface area contributed by atoms with Crippen molar-refractivity contribution in [3.05, 3.63) is 193 Å². The van der Waals surface area contributed by atoms with E-state index in [-0.39, 0.29) is 6.17 Å². The molecule has 0 radical (unpaired) electrons. The highest BCUT2D eigenvalue weighted by Gasteiger charge is 2.24. The Labute approximate surface area is 300 Å². The third-order valence-electron chi connectivity index (χ3n) is 9.87. The highest BCUT2D eigenvalue weighted by Crippen LogP contribution is 2.46. The van der Waals surface area contributed by atoms with Crippen LogP contribution in [0.4, 0.5) is 0 Å². The normalized spacial score (nSPS) is 14.3. The summed E-state index contributed by atoms with van der Waals surface area (Å²) in [4.78, 5) is 13.6. The lowest BCUT2D eigenvalue weighted by Gasteiger charge is -2.25. The minimum atomic E-state index is -0.279. The average Bonchev–Trinajstić information content (AvgIpc) is 3.78. The molecule has 5 heterocycles. The quantitative estimate of drug-likeness (QED) is 0.191. The van der Waals surface area contributed by atoms with Gasteiger partial charge < -0.3 is 14.3 Å². The van der Waals surface area contributed by atoms with E-state index in [1.54, 1.807) is 12.4 Å². The molecule has 1 N–H and O–H groups in total. The second kappa shape index (κ2) is 12.4. The average molecular weight is 670 g/mol. The van der Waals surface area contributed by atoms with Gasteiger partial charge in [-0.15, -0.1) is 0 Å². The summed E-state index contributed by atoms with van der Waals surface area (Å²) >= 11 is 0. The molecule has 1 atom stereocenters. The van der Waals surface area contributed by atoms with Gasteiger partial charge in [0.05, 0.1) is 22.1 Å². The Hall–Kier alpha value is -7.05. The highest BCUT2D eigenvalue weighted by molar-refractivity contribution is 6.22. The smallest absolute Gasteiger partial charge is 0.145 e. The lowest BCUT2D eigenvalue weighted by atomic mass is 9.98. The van der Waals surface area contributed by atoms with E-state index in [2.05, 4.69) is 141 Å². The largest absolute Gasteiger partial charge is 0.455 e. The number of rotatable bonds is 6. The summed E-state index contributed by atoms with van der Waals surface area (Å²) in [5.74, 6) is 0.877. The molecule has 4 aromatic heterocycles. The molecule has 9 aromatic rings. The molecule has 0 saturated heterocycles. The van der Waals surface area contributed by atoms with Crippen LogP contribution in [0, 0.1) is 0 Å². The van der Waals surface area contributed by atoms with Crippen LogP contribution in [0.5, 0.6) is 0 Å². The summed E-state index contributed by atoms with van der Waals surface area (Å²) in [5, 5.41) is 7.01. The number of nitrogens with one attached hydrogen (secondary N) is 1. The SMILES string of the molecule is C1=C(c2ccncc2)NC(c2ccc(-n3c4ccccc4c4c5oc(-c6ccccc6)c(-c6ccccc6)c5ccc43)cc2)N=C1c1ccncc1. The molecule has 5 aromatic carbocycles. The molecule has 6 nitrogen and oxygen atoms in total. The maximum Gasteiger partial charge on any atom is 0.145 e. The molecule has 0 aliphatic carbocycles. The summed E-state index contributed by atoms with van der Waals surface area (Å²) in [7, 11) is 0. The number of nitrogens with zero attached hydrogens (tertiary/aromatic N) is 4. The van der Waals surface area contributed by atoms with Gasteiger partial charge in [-0.1, -0.05) is 91.0 Å². The van der Waals surface area contributed by atoms with Gasteiger partial charge in [-0.2, -0.15) is 0 Å². The first kappa shape index (κ1) is 29.8. The molecule has 0 amide bonds. The van der Waals surface area contributed by atoms with Gasteiger partial charge in [0.1, 0.15) is 17.5 Å². The predicted molar refractivity (Wildman–Crippen MR) is 210 cm³/mol. The zero-order chi connectivity index (χ0) is 34.4. The molecular weight excluding hydrogens is 639 g/mol. The van der Waals surface area contributed by atoms with Crippen molar-refractivity contribution in [2.75, 3.05) is 0 Å². The van der Waals surface area contributed by atoms with Crippen molar-refractivity contribution in [3.8, 4) is 28.1 Å². The van der Waals surface area contributed by atoms with Crippen LogP contribution in [-0.2, 0) is 0 Å². The van der Waals surface area contributed by atoms with Gasteiger partial charge in [0.2, 0.25) is 0 Å². The molecule has 1 unspecified atom stereocenters. The van der Waals surface area contributed by atoms with Crippen molar-refractivity contribution in [2.24, 2.45) is 4.99 Å². The molecule has 0 saturated carbocycles. The van der Waals surface area contributed by atoms with E-state index >= 15 is 0 Å². The van der Waals surface area contributed by atoms with Crippen LogP contribution in [0.15, 0.2) is 186 Å². The number of hydrogen-bond donors (Lipinski definition) is 1. The van der Waals surface area contributed by atoms with E-state index in [1.807, 2.05) is 42.7 Å². The topological polar surface area (TPSA) is 68.2 Å². The number of furan rings is 1. The van der Waals surface area contributed by atoms with Crippen molar-refractivity contribution in [1.29, 1.82) is 0 Å². The first-order valence-electron chi connectivity index (χ1n) is 17.4. The lowest BCUT2D eigenvalue weighted by molar-refractivity contribution is 0.636. The van der Waals surface area contributed by atoms with E-state index in [1.165, 1.54) is 0 Å². The van der Waals surface area contributed by atoms with Crippen molar-refractivity contribution < 1.29 is 4.42 Å². The van der Waals surface area contributed by atoms with E-state index in [9.17, 15) is 0 Å². The Bertz CT molecular complexity index is 2780. The molecule has 0 spiro atoms. The van der Waals surface area contributed by atoms with E-state index in [4.69, 9.17) is 9.41 Å². The number of hydrogen-bond acceptors (Lipinski definition) is 5. The van der Waals surface area contributed by atoms with E-state index in [0.717, 1.165) is 89.0 Å². The van der Waals surface area contributed by atoms with Gasteiger partial charge in [-0.3, -0.25) is 15.0 Å². The van der Waals surface area contributed by atoms with E-state index in [0.29, 0.717) is 0 Å². The van der Waals surface area contributed by atoms with Crippen molar-refractivity contribution in [1.82, 2.24) is 19.9 Å². The molecule has 0 bridgehead atoms. The summed E-state index contributed by atoms with van der Waals surface area (Å²) in [6.45, 7) is 0. The van der Waals surface area contributed by atoms with Gasteiger partial charge in [0.25, 0.3) is 0 Å². The van der Waals surface area contributed by atoms with Crippen LogP contribution in [-0.4, -0.2) is 20.2 Å². The molecule has 0 fully saturated rings. The Balaban J connectivity index is 1.11. The number of fused-ring (bicyclic) bond motifs is 5. The van der Waals surface area contributed by atoms with Crippen LogP contribution in [0.3, 0.4) is 0 Å². The zero-order valence-electron chi connectivity index (χ0n) is 28.0. The maximum absolute atomic E-state index is 6.95. The highest BCUT2D eigenvalue weighted by atomic mass is 16.3. The van der Waals surface area contributed by atoms with Crippen LogP contribution in [0.1, 0.15) is 22.9 Å². The van der Waals surface area contributed by atoms with Crippen LogP contribution >= 0.6 is 0 Å². The summed E-state index contributed by atoms with van der Waals surface area (Å²) in [5.41, 5.74) is 12.5. The Morgan fingerprint density at radius 3 is 1.92 bits per heavy atom. The molecular formula is C46H31N5O. The van der Waals surface area contributed by atoms with Gasteiger partial charge in [-0.05, 0) is 71.8 Å². The monoisotopic (exact) mass is 669 g/mol. The predicted octanol–water partition coefficient (Wildman–Crippen LogP) is 10.8. The fourth-order valence-electron chi connectivity index (χ4n) is 7.45. The third kappa shape index (κ3) is 5.00. The Morgan fingerprint density at radius 2 is 1.19 bits per heavy atom. The van der Waals surface area contributed by atoms with Gasteiger partial charge in [0.15, 0.2) is 0 Å². The number of allylic oxidation sites excluding steroid dienone is 1. The second-order valence-electron chi connectivity index (χ2n) is 12.9. The number of para-hydroxylation sites is 1. The summed E-state index contributed by atoms with van der Waals surface area (Å²) in [6, 6.07) is 50.7. The summed E-state index contributed by atoms with van der Waals surface area (Å²) in [6.07, 6.45) is 9.04. The number of pyridine rings is 2. The van der Waals surface area contributed by atoms with Crippen molar-refractivity contribution >= 4 is 44.2 Å². The van der Waals surface area contributed by atoms with Crippen LogP contribution < -0.4 is 5.32 Å². The molecule has 246 valence electrons. The second-order valence-corrected chi connectivity index (χ2v) is 12.9. The number of aliphatic imine (C=N–C) groups is 1. The van der Waals surface area contributed by atoms with Gasteiger partial charge >= 0.3 is 0 Å². The minimum absolute atomic E-state index is 0.279. The fourth-order valence-corrected chi connectivity index (χ4v) is 7.45. The first-order valence-corrected chi connectivity index (χ1v) is 17.4. The number of aromatic nitrogens is 3. The molecule has 6 heteroatoms. The Kier molecular flexibility index (Phi) is 7.10. The first-order chi connectivity index (χ1) is 25.8. The zero-order valence-corrected chi connectivity index (χ0v) is 28.0. The van der Waals surface area contributed by atoms with Crippen molar-refractivity contribution in [3.63, 3.8) is 0 Å². The van der Waals surface area contributed by atoms with Crippen LogP contribution in [0.25, 0.3) is 66.6 Å². The standard InChI is InChI=1S/C46H31N5O/c1-3-9-32(10-4-1)42-37-19-20-41-43(45(37)52-44(42)33-11-5-2-6-12-33)36-13-7-8-14-40(36)51(41)35-17-15-34(16-18-35)46-49-38(30-21-25-47-26-22-30)29-39(50-46)31-23-27-48-28-24-31/h1-29,46,49H. The van der Waals surface area contributed by atoms with Crippen LogP contribution in [0.2, 0.25) is 0 Å². The fraction of sp³-hybridized carbons (Fsp3) is 0.0217. The number of benzene rings is 5. The molecule has 10 rings (SSSR count). The van der Waals surface area contributed by atoms with E-state index < -0.39 is 0 Å². The maximum atomic E-state index is 6.95. The minimum Gasteiger partial charge on any atom is -0.455 e. The lowest BCUT2D eigenvalue weighted by Crippen LogP contribution is -2.24. The van der Waals surface area contributed by atoms with Gasteiger partial charge in [-0.25, -0.2) is 0 Å². The molecule has 1 aliphatic heterocycles. The van der Waals surface area contributed by atoms with Crippen molar-refractivity contribution in [2.45, 2.75) is 6.17 Å². The third-order valence-corrected chi connectivity index (χ3v) is 9.87. The Morgan fingerprint density at radius 1 is 0.538 bits per heavy atom. The summed E-state index contributed by atoms with van der Waals surface area (Å²) < 4.78 is 9.29.